The van der Waals surface area contributed by atoms with Crippen LogP contribution in [0.5, 0.6) is 0 Å². The maximum atomic E-state index is 10.7. The molecule has 0 bridgehead atoms. The first-order valence-electron chi connectivity index (χ1n) is 5.06. The van der Waals surface area contributed by atoms with Gasteiger partial charge in [-0.3, -0.25) is 9.36 Å². The summed E-state index contributed by atoms with van der Waals surface area (Å²) in [5, 5.41) is 11.7. The van der Waals surface area contributed by atoms with E-state index in [1.54, 1.807) is 6.08 Å². The zero-order valence-corrected chi connectivity index (χ0v) is 9.64. The monoisotopic (exact) mass is 249 g/mol. The van der Waals surface area contributed by atoms with Crippen molar-refractivity contribution in [3.8, 4) is 0 Å². The molecule has 0 aromatic heterocycles. The van der Waals surface area contributed by atoms with Gasteiger partial charge in [-0.15, -0.1) is 0 Å². The van der Waals surface area contributed by atoms with E-state index in [9.17, 15) is 9.36 Å². The Morgan fingerprint density at radius 1 is 1.50 bits per heavy atom. The molecular formula is C9H16NO5P. The molecule has 0 amide bonds. The zero-order chi connectivity index (χ0) is 12.2. The van der Waals surface area contributed by atoms with Crippen LogP contribution in [-0.4, -0.2) is 39.6 Å². The lowest BCUT2D eigenvalue weighted by molar-refractivity contribution is -0.140. The molecule has 0 radical (unpaired) electrons. The number of allylic oxidation sites excluding steroid dienone is 2. The van der Waals surface area contributed by atoms with E-state index in [2.05, 4.69) is 5.32 Å². The second-order valence-corrected chi connectivity index (χ2v) is 5.60. The normalized spacial score (nSPS) is 27.1. The second-order valence-electron chi connectivity index (χ2n) is 3.90. The maximum Gasteiger partial charge on any atom is 0.329 e. The molecule has 4 N–H and O–H groups in total. The summed E-state index contributed by atoms with van der Waals surface area (Å²) >= 11 is 0. The van der Waals surface area contributed by atoms with E-state index in [0.29, 0.717) is 13.0 Å². The lowest BCUT2D eigenvalue weighted by atomic mass is 9.92. The fraction of sp³-hybridized carbons (Fsp3) is 0.667. The number of carboxylic acid groups (broad SMARTS) is 1. The van der Waals surface area contributed by atoms with Crippen molar-refractivity contribution < 1.29 is 24.3 Å². The van der Waals surface area contributed by atoms with Crippen molar-refractivity contribution in [3.63, 3.8) is 0 Å². The number of nitrogens with one attached hydrogen (secondary N) is 1. The van der Waals surface area contributed by atoms with E-state index in [-0.39, 0.29) is 12.1 Å². The van der Waals surface area contributed by atoms with Crippen molar-refractivity contribution in [3.05, 3.63) is 12.2 Å². The minimum Gasteiger partial charge on any atom is -0.480 e. The number of hydrogen-bond acceptors (Lipinski definition) is 3. The van der Waals surface area contributed by atoms with E-state index >= 15 is 0 Å². The van der Waals surface area contributed by atoms with Crippen molar-refractivity contribution in [1.82, 2.24) is 5.32 Å². The van der Waals surface area contributed by atoms with Crippen LogP contribution in [0.2, 0.25) is 0 Å². The van der Waals surface area contributed by atoms with Gasteiger partial charge in [0.05, 0.1) is 6.16 Å². The standard InChI is InChI=1S/C9H16NO5P/c11-9(12)8-6-7(3-4-10-8)2-1-5-16(13,14)15/h1-2,7-8,10H,3-6H2,(H,11,12)(H2,13,14,15)/b2-1-. The molecule has 1 fully saturated rings. The molecule has 1 aliphatic rings. The van der Waals surface area contributed by atoms with Crippen LogP contribution in [0, 0.1) is 5.92 Å². The lowest BCUT2D eigenvalue weighted by Gasteiger charge is -2.25. The summed E-state index contributed by atoms with van der Waals surface area (Å²) in [4.78, 5) is 28.0. The van der Waals surface area contributed by atoms with Crippen LogP contribution in [0.1, 0.15) is 12.8 Å². The third kappa shape index (κ3) is 4.90. The van der Waals surface area contributed by atoms with Crippen LogP contribution < -0.4 is 5.32 Å². The third-order valence-corrected chi connectivity index (χ3v) is 3.18. The molecule has 0 saturated carbocycles. The Morgan fingerprint density at radius 3 is 2.75 bits per heavy atom. The Labute approximate surface area is 93.5 Å². The molecule has 92 valence electrons. The average molecular weight is 249 g/mol. The van der Waals surface area contributed by atoms with Crippen molar-refractivity contribution in [1.29, 1.82) is 0 Å². The molecule has 7 heteroatoms. The van der Waals surface area contributed by atoms with Gasteiger partial charge in [0.15, 0.2) is 0 Å². The summed E-state index contributed by atoms with van der Waals surface area (Å²) in [5.74, 6) is -0.804. The van der Waals surface area contributed by atoms with Gasteiger partial charge in [0.1, 0.15) is 6.04 Å². The Hall–Kier alpha value is -0.680. The Kier molecular flexibility index (Phi) is 4.68. The molecule has 0 aliphatic carbocycles. The van der Waals surface area contributed by atoms with Gasteiger partial charge in [0.25, 0.3) is 0 Å². The summed E-state index contributed by atoms with van der Waals surface area (Å²) < 4.78 is 10.6. The molecule has 0 spiro atoms. The van der Waals surface area contributed by atoms with Crippen LogP contribution >= 0.6 is 7.60 Å². The van der Waals surface area contributed by atoms with Crippen molar-refractivity contribution in [2.45, 2.75) is 18.9 Å². The number of carboxylic acids is 1. The summed E-state index contributed by atoms with van der Waals surface area (Å²) in [6.45, 7) is 0.613. The van der Waals surface area contributed by atoms with E-state index in [1.807, 2.05) is 0 Å². The number of hydrogen-bond donors (Lipinski definition) is 4. The highest BCUT2D eigenvalue weighted by Gasteiger charge is 2.24. The van der Waals surface area contributed by atoms with Gasteiger partial charge in [0.2, 0.25) is 0 Å². The molecule has 1 aliphatic heterocycles. The fourth-order valence-electron chi connectivity index (χ4n) is 1.70. The molecule has 1 rings (SSSR count). The smallest absolute Gasteiger partial charge is 0.329 e. The van der Waals surface area contributed by atoms with Gasteiger partial charge in [-0.2, -0.15) is 0 Å². The van der Waals surface area contributed by atoms with Crippen molar-refractivity contribution >= 4 is 13.6 Å². The largest absolute Gasteiger partial charge is 0.480 e. The topological polar surface area (TPSA) is 107 Å². The van der Waals surface area contributed by atoms with E-state index in [0.717, 1.165) is 6.42 Å². The minimum atomic E-state index is -3.99. The summed E-state index contributed by atoms with van der Waals surface area (Å²) in [6, 6.07) is -0.557. The predicted octanol–water partition coefficient (Wildman–Crippen LogP) is 0.173. The minimum absolute atomic E-state index is 0.0777. The van der Waals surface area contributed by atoms with Gasteiger partial charge in [-0.05, 0) is 25.3 Å². The molecule has 2 unspecified atom stereocenters. The molecule has 6 nitrogen and oxygen atoms in total. The molecule has 0 aromatic rings. The highest BCUT2D eigenvalue weighted by molar-refractivity contribution is 7.51. The predicted molar refractivity (Wildman–Crippen MR) is 58.2 cm³/mol. The van der Waals surface area contributed by atoms with E-state index in [4.69, 9.17) is 14.9 Å². The van der Waals surface area contributed by atoms with Crippen LogP contribution in [0.4, 0.5) is 0 Å². The quantitative estimate of drug-likeness (QED) is 0.418. The van der Waals surface area contributed by atoms with E-state index < -0.39 is 19.6 Å². The SMILES string of the molecule is O=C(O)C1CC(/C=C\CP(=O)(O)O)CCN1. The first kappa shape index (κ1) is 13.4. The fourth-order valence-corrected chi connectivity index (χ4v) is 2.10. The number of rotatable bonds is 4. The first-order chi connectivity index (χ1) is 7.38. The number of carbonyl (C=O) groups is 1. The molecule has 1 saturated heterocycles. The van der Waals surface area contributed by atoms with Gasteiger partial charge in [-0.25, -0.2) is 0 Å². The maximum absolute atomic E-state index is 10.7. The summed E-state index contributed by atoms with van der Waals surface area (Å²) in [6.07, 6.45) is 4.12. The van der Waals surface area contributed by atoms with Crippen molar-refractivity contribution in [2.75, 3.05) is 12.7 Å². The number of aliphatic carboxylic acids is 1. The Morgan fingerprint density at radius 2 is 2.19 bits per heavy atom. The van der Waals surface area contributed by atoms with Crippen LogP contribution in [0.3, 0.4) is 0 Å². The van der Waals surface area contributed by atoms with E-state index in [1.165, 1.54) is 6.08 Å². The van der Waals surface area contributed by atoms with Crippen LogP contribution in [0.25, 0.3) is 0 Å². The molecule has 0 aromatic carbocycles. The first-order valence-corrected chi connectivity index (χ1v) is 6.85. The van der Waals surface area contributed by atoms with Crippen molar-refractivity contribution in [2.24, 2.45) is 5.92 Å². The summed E-state index contributed by atoms with van der Waals surface area (Å²) in [5.41, 5.74) is 0. The summed E-state index contributed by atoms with van der Waals surface area (Å²) in [7, 11) is -3.99. The number of piperidine rings is 1. The van der Waals surface area contributed by atoms with Crippen LogP contribution in [-0.2, 0) is 9.36 Å². The third-order valence-electron chi connectivity index (χ3n) is 2.49. The second kappa shape index (κ2) is 5.59. The van der Waals surface area contributed by atoms with Gasteiger partial charge in [0, 0.05) is 0 Å². The van der Waals surface area contributed by atoms with Crippen LogP contribution in [0.15, 0.2) is 12.2 Å². The molecular weight excluding hydrogens is 233 g/mol. The van der Waals surface area contributed by atoms with Gasteiger partial charge < -0.3 is 20.2 Å². The molecule has 2 atom stereocenters. The van der Waals surface area contributed by atoms with Gasteiger partial charge in [-0.1, -0.05) is 12.2 Å². The zero-order valence-electron chi connectivity index (χ0n) is 8.74. The van der Waals surface area contributed by atoms with Gasteiger partial charge >= 0.3 is 13.6 Å². The lowest BCUT2D eigenvalue weighted by Crippen LogP contribution is -2.43. The highest BCUT2D eigenvalue weighted by Crippen LogP contribution is 2.34. The average Bonchev–Trinajstić information content (AvgIpc) is 2.16. The Bertz CT molecular complexity index is 324. The Balaban J connectivity index is 2.43. The highest BCUT2D eigenvalue weighted by atomic mass is 31.2. The molecule has 1 heterocycles. The molecule has 16 heavy (non-hydrogen) atoms.